The number of nitrogens with two attached hydrogens (primary N) is 1. The average Bonchev–Trinajstić information content (AvgIpc) is 2.64. The summed E-state index contributed by atoms with van der Waals surface area (Å²) in [5.41, 5.74) is 5.69. The SMILES string of the molecule is CCN(C)CCn1c(N)nnc1SCC(=O)O. The molecule has 1 aromatic heterocycles. The van der Waals surface area contributed by atoms with Gasteiger partial charge in [-0.1, -0.05) is 18.7 Å². The maximum atomic E-state index is 10.5. The van der Waals surface area contributed by atoms with Crippen molar-refractivity contribution in [2.24, 2.45) is 0 Å². The van der Waals surface area contributed by atoms with Gasteiger partial charge >= 0.3 is 5.97 Å². The van der Waals surface area contributed by atoms with Crippen molar-refractivity contribution in [3.63, 3.8) is 0 Å². The third-order valence-corrected chi connectivity index (χ3v) is 3.27. The quantitative estimate of drug-likeness (QED) is 0.664. The van der Waals surface area contributed by atoms with Gasteiger partial charge in [0.2, 0.25) is 5.95 Å². The van der Waals surface area contributed by atoms with Crippen LogP contribution in [0.25, 0.3) is 0 Å². The molecule has 0 aromatic carbocycles. The Hall–Kier alpha value is -1.28. The van der Waals surface area contributed by atoms with E-state index >= 15 is 0 Å². The van der Waals surface area contributed by atoms with Crippen LogP contribution in [-0.4, -0.2) is 56.6 Å². The number of aromatic nitrogens is 3. The van der Waals surface area contributed by atoms with E-state index in [0.717, 1.165) is 24.9 Å². The van der Waals surface area contributed by atoms with Crippen LogP contribution >= 0.6 is 11.8 Å². The first-order valence-corrected chi connectivity index (χ1v) is 6.25. The normalized spacial score (nSPS) is 11.0. The van der Waals surface area contributed by atoms with Crippen LogP contribution in [0.1, 0.15) is 6.92 Å². The highest BCUT2D eigenvalue weighted by Gasteiger charge is 2.11. The van der Waals surface area contributed by atoms with Crippen molar-refractivity contribution in [1.29, 1.82) is 0 Å². The van der Waals surface area contributed by atoms with Crippen molar-refractivity contribution in [1.82, 2.24) is 19.7 Å². The van der Waals surface area contributed by atoms with Crippen molar-refractivity contribution < 1.29 is 9.90 Å². The minimum atomic E-state index is -0.881. The molecule has 0 saturated heterocycles. The summed E-state index contributed by atoms with van der Waals surface area (Å²) in [5.74, 6) is -0.599. The molecule has 0 spiro atoms. The Morgan fingerprint density at radius 3 is 2.88 bits per heavy atom. The zero-order valence-corrected chi connectivity index (χ0v) is 10.8. The van der Waals surface area contributed by atoms with Crippen molar-refractivity contribution in [2.45, 2.75) is 18.6 Å². The van der Waals surface area contributed by atoms with Crippen LogP contribution in [-0.2, 0) is 11.3 Å². The van der Waals surface area contributed by atoms with E-state index in [1.807, 2.05) is 7.05 Å². The van der Waals surface area contributed by atoms with Gasteiger partial charge in [0, 0.05) is 13.1 Å². The number of anilines is 1. The number of nitrogens with zero attached hydrogens (tertiary/aromatic N) is 4. The van der Waals surface area contributed by atoms with Gasteiger partial charge in [-0.05, 0) is 13.6 Å². The molecule has 0 bridgehead atoms. The Balaban J connectivity index is 2.62. The van der Waals surface area contributed by atoms with Crippen molar-refractivity contribution in [3.05, 3.63) is 0 Å². The molecule has 1 rings (SSSR count). The zero-order chi connectivity index (χ0) is 12.8. The molecule has 1 heterocycles. The molecule has 0 aliphatic rings. The Morgan fingerprint density at radius 2 is 2.29 bits per heavy atom. The summed E-state index contributed by atoms with van der Waals surface area (Å²) in [6, 6.07) is 0. The summed E-state index contributed by atoms with van der Waals surface area (Å²) >= 11 is 1.13. The molecule has 0 atom stereocenters. The highest BCUT2D eigenvalue weighted by Crippen LogP contribution is 2.17. The minimum absolute atomic E-state index is 0.0399. The number of thioether (sulfide) groups is 1. The summed E-state index contributed by atoms with van der Waals surface area (Å²) in [4.78, 5) is 12.6. The van der Waals surface area contributed by atoms with Gasteiger partial charge in [-0.3, -0.25) is 9.36 Å². The number of hydrogen-bond acceptors (Lipinski definition) is 6. The summed E-state index contributed by atoms with van der Waals surface area (Å²) < 4.78 is 1.74. The fourth-order valence-electron chi connectivity index (χ4n) is 1.17. The lowest BCUT2D eigenvalue weighted by atomic mass is 10.5. The highest BCUT2D eigenvalue weighted by atomic mass is 32.2. The van der Waals surface area contributed by atoms with E-state index in [-0.39, 0.29) is 5.75 Å². The summed E-state index contributed by atoms with van der Waals surface area (Å²) in [6.45, 7) is 4.49. The van der Waals surface area contributed by atoms with Crippen LogP contribution in [0.4, 0.5) is 5.95 Å². The van der Waals surface area contributed by atoms with E-state index in [1.165, 1.54) is 0 Å². The van der Waals surface area contributed by atoms with Crippen LogP contribution in [0.15, 0.2) is 5.16 Å². The predicted molar refractivity (Wildman–Crippen MR) is 66.0 cm³/mol. The Morgan fingerprint density at radius 1 is 1.59 bits per heavy atom. The van der Waals surface area contributed by atoms with Crippen molar-refractivity contribution >= 4 is 23.7 Å². The maximum Gasteiger partial charge on any atom is 0.313 e. The highest BCUT2D eigenvalue weighted by molar-refractivity contribution is 7.99. The van der Waals surface area contributed by atoms with E-state index in [1.54, 1.807) is 4.57 Å². The second-order valence-corrected chi connectivity index (χ2v) is 4.51. The van der Waals surface area contributed by atoms with Gasteiger partial charge < -0.3 is 15.7 Å². The van der Waals surface area contributed by atoms with Crippen LogP contribution in [0, 0.1) is 0 Å². The number of carbonyl (C=O) groups is 1. The van der Waals surface area contributed by atoms with Crippen molar-refractivity contribution in [3.8, 4) is 0 Å². The van der Waals surface area contributed by atoms with E-state index in [9.17, 15) is 4.79 Å². The standard InChI is InChI=1S/C9H17N5O2S/c1-3-13(2)4-5-14-8(10)11-12-9(14)17-6-7(15)16/h3-6H2,1-2H3,(H2,10,11)(H,15,16). The molecule has 0 aliphatic heterocycles. The summed E-state index contributed by atoms with van der Waals surface area (Å²) in [5, 5.41) is 16.8. The molecular formula is C9H17N5O2S. The molecule has 7 nitrogen and oxygen atoms in total. The number of carboxylic acid groups (broad SMARTS) is 1. The molecule has 17 heavy (non-hydrogen) atoms. The molecular weight excluding hydrogens is 242 g/mol. The monoisotopic (exact) mass is 259 g/mol. The molecule has 0 aliphatic carbocycles. The minimum Gasteiger partial charge on any atom is -0.481 e. The largest absolute Gasteiger partial charge is 0.481 e. The van der Waals surface area contributed by atoms with Gasteiger partial charge in [0.15, 0.2) is 5.16 Å². The first kappa shape index (κ1) is 13.8. The molecule has 0 saturated carbocycles. The second-order valence-electron chi connectivity index (χ2n) is 3.57. The van der Waals surface area contributed by atoms with E-state index < -0.39 is 5.97 Å². The molecule has 0 amide bonds. The predicted octanol–water partition coefficient (Wildman–Crippen LogP) is -0.0113. The molecule has 96 valence electrons. The third kappa shape index (κ3) is 4.23. The number of aliphatic carboxylic acids is 1. The lowest BCUT2D eigenvalue weighted by Gasteiger charge is -2.15. The van der Waals surface area contributed by atoms with Crippen LogP contribution < -0.4 is 5.73 Å². The molecule has 0 radical (unpaired) electrons. The van der Waals surface area contributed by atoms with E-state index in [2.05, 4.69) is 22.0 Å². The van der Waals surface area contributed by atoms with Gasteiger partial charge in [-0.25, -0.2) is 0 Å². The molecule has 3 N–H and O–H groups in total. The van der Waals surface area contributed by atoms with Crippen LogP contribution in [0.5, 0.6) is 0 Å². The summed E-state index contributed by atoms with van der Waals surface area (Å²) in [7, 11) is 2.00. The lowest BCUT2D eigenvalue weighted by molar-refractivity contribution is -0.133. The number of carboxylic acids is 1. The number of hydrogen-bond donors (Lipinski definition) is 2. The third-order valence-electron chi connectivity index (χ3n) is 2.32. The van der Waals surface area contributed by atoms with Gasteiger partial charge in [-0.2, -0.15) is 0 Å². The van der Waals surface area contributed by atoms with Crippen LogP contribution in [0.3, 0.4) is 0 Å². The Bertz CT molecular complexity index is 381. The number of likely N-dealkylation sites (N-methyl/N-ethyl adjacent to an activating group) is 1. The van der Waals surface area contributed by atoms with Gasteiger partial charge in [0.05, 0.1) is 5.75 Å². The maximum absolute atomic E-state index is 10.5. The van der Waals surface area contributed by atoms with E-state index in [0.29, 0.717) is 17.6 Å². The zero-order valence-electron chi connectivity index (χ0n) is 9.96. The van der Waals surface area contributed by atoms with E-state index in [4.69, 9.17) is 10.8 Å². The number of nitrogen functional groups attached to an aromatic ring is 1. The topological polar surface area (TPSA) is 97.3 Å². The van der Waals surface area contributed by atoms with Crippen LogP contribution in [0.2, 0.25) is 0 Å². The Kier molecular flexibility index (Phi) is 5.23. The van der Waals surface area contributed by atoms with Crippen molar-refractivity contribution in [2.75, 3.05) is 31.6 Å². The first-order valence-electron chi connectivity index (χ1n) is 5.26. The Labute approximate surface area is 104 Å². The van der Waals surface area contributed by atoms with Gasteiger partial charge in [-0.15, -0.1) is 10.2 Å². The van der Waals surface area contributed by atoms with Gasteiger partial charge in [0.1, 0.15) is 0 Å². The number of rotatable bonds is 7. The molecule has 8 heteroatoms. The second kappa shape index (κ2) is 6.45. The smallest absolute Gasteiger partial charge is 0.313 e. The fourth-order valence-corrected chi connectivity index (χ4v) is 1.86. The first-order chi connectivity index (χ1) is 8.04. The van der Waals surface area contributed by atoms with Gasteiger partial charge in [0.25, 0.3) is 0 Å². The lowest BCUT2D eigenvalue weighted by Crippen LogP contribution is -2.23. The summed E-state index contributed by atoms with van der Waals surface area (Å²) in [6.07, 6.45) is 0. The fraction of sp³-hybridized carbons (Fsp3) is 0.667. The molecule has 1 aromatic rings. The average molecular weight is 259 g/mol. The molecule has 0 fully saturated rings. The molecule has 0 unspecified atom stereocenters.